The number of benzene rings is 2. The highest BCUT2D eigenvalue weighted by molar-refractivity contribution is 8.01. The van der Waals surface area contributed by atoms with Crippen LogP contribution in [0.1, 0.15) is 20.2 Å². The maximum atomic E-state index is 12.4. The van der Waals surface area contributed by atoms with E-state index in [9.17, 15) is 9.59 Å². The summed E-state index contributed by atoms with van der Waals surface area (Å²) < 4.78 is 1.55. The summed E-state index contributed by atoms with van der Waals surface area (Å²) in [6.45, 7) is 0. The third kappa shape index (κ3) is 4.39. The van der Waals surface area contributed by atoms with Crippen LogP contribution in [-0.4, -0.2) is 32.6 Å². The van der Waals surface area contributed by atoms with Crippen molar-refractivity contribution in [3.05, 3.63) is 64.1 Å². The molecule has 2 aromatic carbocycles. The van der Waals surface area contributed by atoms with Crippen LogP contribution in [0, 0.1) is 0 Å². The predicted octanol–water partition coefficient (Wildman–Crippen LogP) is 5.03. The molecule has 0 atom stereocenters. The Balaban J connectivity index is 1.36. The van der Waals surface area contributed by atoms with Crippen molar-refractivity contribution < 1.29 is 9.59 Å². The van der Waals surface area contributed by atoms with Gasteiger partial charge in [0.25, 0.3) is 5.91 Å². The first-order chi connectivity index (χ1) is 13.6. The lowest BCUT2D eigenvalue weighted by Crippen LogP contribution is -2.11. The van der Waals surface area contributed by atoms with Crippen molar-refractivity contribution in [2.75, 3.05) is 11.1 Å². The number of amides is 1. The molecule has 10 heteroatoms. The van der Waals surface area contributed by atoms with Gasteiger partial charge in [-0.3, -0.25) is 14.9 Å². The molecule has 0 spiro atoms. The number of thioether (sulfide) groups is 1. The van der Waals surface area contributed by atoms with E-state index in [1.165, 1.54) is 34.4 Å². The van der Waals surface area contributed by atoms with Crippen LogP contribution in [0.25, 0.3) is 10.2 Å². The molecule has 0 radical (unpaired) electrons. The van der Waals surface area contributed by atoms with E-state index in [4.69, 9.17) is 11.6 Å². The van der Waals surface area contributed by atoms with Gasteiger partial charge in [0.15, 0.2) is 15.1 Å². The maximum absolute atomic E-state index is 12.4. The summed E-state index contributed by atoms with van der Waals surface area (Å²) >= 11 is 9.64. The van der Waals surface area contributed by atoms with Gasteiger partial charge < -0.3 is 0 Å². The smallest absolute Gasteiger partial charge is 0.286 e. The first-order valence-corrected chi connectivity index (χ1v) is 11.0. The van der Waals surface area contributed by atoms with Crippen molar-refractivity contribution in [1.29, 1.82) is 0 Å². The Kier molecular flexibility index (Phi) is 5.67. The second-order valence-electron chi connectivity index (χ2n) is 5.53. The van der Waals surface area contributed by atoms with Gasteiger partial charge in [-0.1, -0.05) is 46.8 Å². The van der Waals surface area contributed by atoms with Crippen LogP contribution in [0.4, 0.5) is 5.13 Å². The number of aromatic nitrogens is 3. The highest BCUT2D eigenvalue weighted by Gasteiger charge is 2.15. The van der Waals surface area contributed by atoms with Gasteiger partial charge >= 0.3 is 0 Å². The number of carbonyl (C=O) groups is 2. The lowest BCUT2D eigenvalue weighted by Gasteiger charge is -1.99. The number of carbonyl (C=O) groups excluding carboxylic acids is 2. The topological polar surface area (TPSA) is 84.8 Å². The van der Waals surface area contributed by atoms with Crippen molar-refractivity contribution in [2.45, 2.75) is 4.34 Å². The molecule has 1 N–H and O–H groups in total. The van der Waals surface area contributed by atoms with Crippen LogP contribution in [0.15, 0.2) is 52.9 Å². The van der Waals surface area contributed by atoms with Crippen molar-refractivity contribution in [1.82, 2.24) is 15.2 Å². The molecule has 1 amide bonds. The van der Waals surface area contributed by atoms with Gasteiger partial charge in [-0.05, 0) is 36.4 Å². The number of rotatable bonds is 6. The Bertz CT molecular complexity index is 1120. The highest BCUT2D eigenvalue weighted by Crippen LogP contribution is 2.27. The molecule has 6 nitrogen and oxygen atoms in total. The molecular formula is C18H11ClN4O2S3. The minimum atomic E-state index is -0.328. The first-order valence-electron chi connectivity index (χ1n) is 8.00. The minimum absolute atomic E-state index is 0.0306. The number of ketones is 1. The normalized spacial score (nSPS) is 10.9. The van der Waals surface area contributed by atoms with Gasteiger partial charge in [-0.25, -0.2) is 4.98 Å². The quantitative estimate of drug-likeness (QED) is 0.254. The summed E-state index contributed by atoms with van der Waals surface area (Å²) in [4.78, 5) is 28.9. The van der Waals surface area contributed by atoms with E-state index in [2.05, 4.69) is 20.5 Å². The first kappa shape index (κ1) is 19.0. The SMILES string of the molecule is O=C(CSc1nnc(NC(=O)c2nc3ccccc3s2)s1)c1ccc(Cl)cc1. The molecule has 140 valence electrons. The molecule has 0 fully saturated rings. The van der Waals surface area contributed by atoms with Crippen LogP contribution in [-0.2, 0) is 0 Å². The van der Waals surface area contributed by atoms with Gasteiger partial charge in [0.1, 0.15) is 0 Å². The number of Topliss-reactive ketones (excluding diaryl/α,β-unsaturated/α-hetero) is 1. The van der Waals surface area contributed by atoms with E-state index < -0.39 is 0 Å². The third-order valence-corrected chi connectivity index (χ3v) is 6.87. The summed E-state index contributed by atoms with van der Waals surface area (Å²) in [5, 5.41) is 12.0. The molecule has 0 bridgehead atoms. The van der Waals surface area contributed by atoms with Gasteiger partial charge in [-0.15, -0.1) is 21.5 Å². The zero-order valence-corrected chi connectivity index (χ0v) is 17.3. The molecule has 28 heavy (non-hydrogen) atoms. The second-order valence-corrected chi connectivity index (χ2v) is 9.20. The Morgan fingerprint density at radius 3 is 2.61 bits per heavy atom. The van der Waals surface area contributed by atoms with E-state index in [1.54, 1.807) is 24.3 Å². The van der Waals surface area contributed by atoms with Crippen molar-refractivity contribution >= 4 is 73.1 Å². The number of hydrogen-bond acceptors (Lipinski definition) is 8. The summed E-state index contributed by atoms with van der Waals surface area (Å²) in [6, 6.07) is 14.3. The molecule has 4 rings (SSSR count). The molecule has 0 saturated heterocycles. The summed E-state index contributed by atoms with van der Waals surface area (Å²) in [5.74, 6) is -0.134. The molecular weight excluding hydrogens is 436 g/mol. The Morgan fingerprint density at radius 2 is 1.82 bits per heavy atom. The lowest BCUT2D eigenvalue weighted by atomic mass is 10.1. The van der Waals surface area contributed by atoms with E-state index in [-0.39, 0.29) is 17.4 Å². The van der Waals surface area contributed by atoms with Crippen LogP contribution in [0.5, 0.6) is 0 Å². The number of hydrogen-bond donors (Lipinski definition) is 1. The van der Waals surface area contributed by atoms with E-state index >= 15 is 0 Å². The van der Waals surface area contributed by atoms with Crippen LogP contribution >= 0.6 is 46.0 Å². The van der Waals surface area contributed by atoms with Crippen molar-refractivity contribution in [3.8, 4) is 0 Å². The molecule has 0 saturated carbocycles. The molecule has 0 aliphatic heterocycles. The van der Waals surface area contributed by atoms with Crippen LogP contribution in [0.2, 0.25) is 5.02 Å². The molecule has 0 unspecified atom stereocenters. The number of thiazole rings is 1. The predicted molar refractivity (Wildman–Crippen MR) is 114 cm³/mol. The molecule has 0 aliphatic carbocycles. The van der Waals surface area contributed by atoms with Gasteiger partial charge in [-0.2, -0.15) is 0 Å². The van der Waals surface area contributed by atoms with Crippen molar-refractivity contribution in [3.63, 3.8) is 0 Å². The fourth-order valence-electron chi connectivity index (χ4n) is 2.28. The number of anilines is 1. The van der Waals surface area contributed by atoms with Crippen molar-refractivity contribution in [2.24, 2.45) is 0 Å². The molecule has 4 aromatic rings. The number of nitrogens with zero attached hydrogens (tertiary/aromatic N) is 3. The Labute approximate surface area is 177 Å². The summed E-state index contributed by atoms with van der Waals surface area (Å²) in [6.07, 6.45) is 0. The van der Waals surface area contributed by atoms with E-state index in [0.717, 1.165) is 10.2 Å². The zero-order chi connectivity index (χ0) is 19.5. The minimum Gasteiger partial charge on any atom is -0.294 e. The fourth-order valence-corrected chi connectivity index (χ4v) is 4.91. The van der Waals surface area contributed by atoms with Crippen LogP contribution < -0.4 is 5.32 Å². The average molecular weight is 447 g/mol. The van der Waals surface area contributed by atoms with Gasteiger partial charge in [0.2, 0.25) is 5.13 Å². The number of fused-ring (bicyclic) bond motifs is 1. The third-order valence-electron chi connectivity index (χ3n) is 3.61. The number of halogens is 1. The Hall–Kier alpha value is -2.33. The maximum Gasteiger partial charge on any atom is 0.286 e. The van der Waals surface area contributed by atoms with E-state index in [1.807, 2.05) is 24.3 Å². The number of para-hydroxylation sites is 1. The summed E-state index contributed by atoms with van der Waals surface area (Å²) in [7, 11) is 0. The highest BCUT2D eigenvalue weighted by atomic mass is 35.5. The van der Waals surface area contributed by atoms with Gasteiger partial charge in [0.05, 0.1) is 16.0 Å². The average Bonchev–Trinajstić information content (AvgIpc) is 3.33. The fraction of sp³-hybridized carbons (Fsp3) is 0.0556. The van der Waals surface area contributed by atoms with Gasteiger partial charge in [0, 0.05) is 10.6 Å². The molecule has 2 aromatic heterocycles. The summed E-state index contributed by atoms with van der Waals surface area (Å²) in [5.41, 5.74) is 1.37. The van der Waals surface area contributed by atoms with Crippen LogP contribution in [0.3, 0.4) is 0 Å². The molecule has 0 aliphatic rings. The number of nitrogens with one attached hydrogen (secondary N) is 1. The second kappa shape index (κ2) is 8.36. The monoisotopic (exact) mass is 446 g/mol. The standard InChI is InChI=1S/C18H11ClN4O2S3/c19-11-7-5-10(6-8-11)13(24)9-26-18-23-22-17(28-18)21-15(25)16-20-12-3-1-2-4-14(12)27-16/h1-8H,9H2,(H,21,22,25). The zero-order valence-electron chi connectivity index (χ0n) is 14.1. The lowest BCUT2D eigenvalue weighted by molar-refractivity contribution is 0.101. The van der Waals surface area contributed by atoms with E-state index in [0.29, 0.717) is 25.1 Å². The molecule has 2 heterocycles. The largest absolute Gasteiger partial charge is 0.294 e. The Morgan fingerprint density at radius 1 is 1.04 bits per heavy atom.